The first-order chi connectivity index (χ1) is 12.6. The second-order valence-corrected chi connectivity index (χ2v) is 7.54. The molecule has 6 nitrogen and oxygen atoms in total. The number of hydrogen-bond donors (Lipinski definition) is 2. The Kier molecular flexibility index (Phi) is 8.09. The van der Waals surface area contributed by atoms with Crippen LogP contribution in [-0.4, -0.2) is 22.6 Å². The van der Waals surface area contributed by atoms with Crippen molar-refractivity contribution in [2.45, 2.75) is 72.4 Å². The molecule has 2 aromatic rings. The molecule has 0 radical (unpaired) electrons. The third-order valence-electron chi connectivity index (χ3n) is 4.29. The molecule has 0 bridgehead atoms. The van der Waals surface area contributed by atoms with E-state index in [0.29, 0.717) is 24.9 Å². The Bertz CT molecular complexity index is 688. The average Bonchev–Trinajstić information content (AvgIpc) is 3.28. The predicted octanol–water partition coefficient (Wildman–Crippen LogP) is 4.41. The zero-order valence-electron chi connectivity index (χ0n) is 16.5. The lowest BCUT2D eigenvalue weighted by Gasteiger charge is -2.09. The molecule has 0 saturated carbocycles. The number of guanidine groups is 1. The molecule has 0 spiro atoms. The number of hydrogen-bond acceptors (Lipinski definition) is 5. The van der Waals surface area contributed by atoms with E-state index < -0.39 is 0 Å². The molecular weight excluding hydrogens is 346 g/mol. The van der Waals surface area contributed by atoms with Crippen molar-refractivity contribution in [1.29, 1.82) is 0 Å². The lowest BCUT2D eigenvalue weighted by Crippen LogP contribution is -2.36. The van der Waals surface area contributed by atoms with E-state index in [0.717, 1.165) is 47.5 Å². The molecule has 0 fully saturated rings. The maximum atomic E-state index is 5.45. The lowest BCUT2D eigenvalue weighted by atomic mass is 9.99. The normalized spacial score (nSPS) is 12.2. The van der Waals surface area contributed by atoms with Crippen molar-refractivity contribution in [2.75, 3.05) is 6.54 Å². The van der Waals surface area contributed by atoms with Crippen molar-refractivity contribution in [3.8, 4) is 0 Å². The topological polar surface area (TPSA) is 75.3 Å². The second kappa shape index (κ2) is 10.3. The summed E-state index contributed by atoms with van der Waals surface area (Å²) in [6.45, 7) is 12.7. The van der Waals surface area contributed by atoms with Gasteiger partial charge < -0.3 is 15.2 Å². The zero-order valence-corrected chi connectivity index (χ0v) is 17.3. The molecule has 0 aliphatic heterocycles. The Labute approximate surface area is 160 Å². The maximum absolute atomic E-state index is 5.45. The van der Waals surface area contributed by atoms with Crippen LogP contribution in [0.3, 0.4) is 0 Å². The smallest absolute Gasteiger partial charge is 0.192 e. The summed E-state index contributed by atoms with van der Waals surface area (Å²) in [4.78, 5) is 9.25. The van der Waals surface area contributed by atoms with Gasteiger partial charge in [-0.2, -0.15) is 0 Å². The summed E-state index contributed by atoms with van der Waals surface area (Å²) in [5, 5.41) is 14.0. The van der Waals surface area contributed by atoms with Crippen molar-refractivity contribution in [3.63, 3.8) is 0 Å². The van der Waals surface area contributed by atoms with Gasteiger partial charge in [-0.1, -0.05) is 32.9 Å². The van der Waals surface area contributed by atoms with Crippen molar-refractivity contribution in [2.24, 2.45) is 4.99 Å². The highest BCUT2D eigenvalue weighted by atomic mass is 32.1. The molecule has 0 aromatic carbocycles. The molecule has 7 heteroatoms. The summed E-state index contributed by atoms with van der Waals surface area (Å²) in [5.41, 5.74) is 2.17. The number of nitrogens with zero attached hydrogens (tertiary/aromatic N) is 3. The summed E-state index contributed by atoms with van der Waals surface area (Å²) >= 11 is 1.68. The van der Waals surface area contributed by atoms with E-state index >= 15 is 0 Å². The van der Waals surface area contributed by atoms with Crippen LogP contribution in [0, 0.1) is 0 Å². The first-order valence-electron chi connectivity index (χ1n) is 9.49. The summed E-state index contributed by atoms with van der Waals surface area (Å²) < 4.78 is 5.45. The zero-order chi connectivity index (χ0) is 18.9. The van der Waals surface area contributed by atoms with Crippen molar-refractivity contribution >= 4 is 17.3 Å². The molecule has 0 aliphatic carbocycles. The Morgan fingerprint density at radius 2 is 1.96 bits per heavy atom. The van der Waals surface area contributed by atoms with E-state index in [9.17, 15) is 0 Å². The van der Waals surface area contributed by atoms with Crippen LogP contribution in [0.4, 0.5) is 0 Å². The van der Waals surface area contributed by atoms with Crippen LogP contribution < -0.4 is 10.6 Å². The van der Waals surface area contributed by atoms with Gasteiger partial charge in [-0.15, -0.1) is 11.3 Å². The predicted molar refractivity (Wildman–Crippen MR) is 108 cm³/mol. The number of aliphatic imine (C=N–C) groups is 1. The van der Waals surface area contributed by atoms with E-state index in [1.54, 1.807) is 11.3 Å². The van der Waals surface area contributed by atoms with Gasteiger partial charge in [0, 0.05) is 23.9 Å². The fourth-order valence-electron chi connectivity index (χ4n) is 2.63. The van der Waals surface area contributed by atoms with Gasteiger partial charge in [-0.25, -0.2) is 9.98 Å². The number of rotatable bonds is 9. The maximum Gasteiger partial charge on any atom is 0.192 e. The third kappa shape index (κ3) is 5.83. The van der Waals surface area contributed by atoms with Crippen LogP contribution in [0.5, 0.6) is 0 Å². The summed E-state index contributed by atoms with van der Waals surface area (Å²) in [5.74, 6) is 2.47. The summed E-state index contributed by atoms with van der Waals surface area (Å²) in [6.07, 6.45) is 2.14. The largest absolute Gasteiger partial charge is 0.359 e. The molecular formula is C19H31N5OS. The van der Waals surface area contributed by atoms with E-state index in [-0.39, 0.29) is 0 Å². The van der Waals surface area contributed by atoms with Crippen molar-refractivity contribution in [3.05, 3.63) is 33.6 Å². The Morgan fingerprint density at radius 3 is 2.58 bits per heavy atom. The van der Waals surface area contributed by atoms with Gasteiger partial charge in [-0.3, -0.25) is 0 Å². The van der Waals surface area contributed by atoms with Gasteiger partial charge in [-0.05, 0) is 25.7 Å². The molecule has 2 aromatic heterocycles. The Hall–Kier alpha value is -1.89. The minimum absolute atomic E-state index is 0.456. The standard InChI is InChI=1S/C19H31N5OS/c1-6-14(7-2)16-9-15(25-24-16)10-21-19(20-8-3)22-11-18-23-17(12-26-18)13(4)5/h9,12-14H,6-8,10-11H2,1-5H3,(H2,20,21,22). The average molecular weight is 378 g/mol. The van der Waals surface area contributed by atoms with E-state index in [1.807, 2.05) is 6.07 Å². The molecule has 0 aliphatic rings. The summed E-state index contributed by atoms with van der Waals surface area (Å²) in [6, 6.07) is 2.03. The molecule has 2 N–H and O–H groups in total. The van der Waals surface area contributed by atoms with Gasteiger partial charge in [0.15, 0.2) is 11.7 Å². The van der Waals surface area contributed by atoms with E-state index in [2.05, 4.69) is 65.8 Å². The molecule has 0 amide bonds. The van der Waals surface area contributed by atoms with E-state index in [4.69, 9.17) is 4.52 Å². The van der Waals surface area contributed by atoms with Gasteiger partial charge in [0.2, 0.25) is 0 Å². The molecule has 0 unspecified atom stereocenters. The van der Waals surface area contributed by atoms with Gasteiger partial charge in [0.1, 0.15) is 11.6 Å². The van der Waals surface area contributed by atoms with Crippen LogP contribution in [0.2, 0.25) is 0 Å². The quantitative estimate of drug-likeness (QED) is 0.500. The van der Waals surface area contributed by atoms with Crippen LogP contribution >= 0.6 is 11.3 Å². The number of aromatic nitrogens is 2. The highest BCUT2D eigenvalue weighted by Gasteiger charge is 2.13. The van der Waals surface area contributed by atoms with Gasteiger partial charge >= 0.3 is 0 Å². The minimum atomic E-state index is 0.456. The second-order valence-electron chi connectivity index (χ2n) is 6.60. The Morgan fingerprint density at radius 1 is 1.19 bits per heavy atom. The minimum Gasteiger partial charge on any atom is -0.359 e. The monoisotopic (exact) mass is 377 g/mol. The molecule has 2 rings (SSSR count). The van der Waals surface area contributed by atoms with Crippen LogP contribution in [-0.2, 0) is 13.1 Å². The van der Waals surface area contributed by atoms with Gasteiger partial charge in [0.05, 0.1) is 17.9 Å². The van der Waals surface area contributed by atoms with E-state index in [1.165, 1.54) is 0 Å². The van der Waals surface area contributed by atoms with Gasteiger partial charge in [0.25, 0.3) is 0 Å². The van der Waals surface area contributed by atoms with Crippen molar-refractivity contribution < 1.29 is 4.52 Å². The third-order valence-corrected chi connectivity index (χ3v) is 5.15. The number of thiazole rings is 1. The molecule has 26 heavy (non-hydrogen) atoms. The van der Waals surface area contributed by atoms with Crippen LogP contribution in [0.1, 0.15) is 81.5 Å². The first kappa shape index (κ1) is 20.4. The highest BCUT2D eigenvalue weighted by molar-refractivity contribution is 7.09. The molecule has 0 atom stereocenters. The first-order valence-corrected chi connectivity index (χ1v) is 10.4. The number of nitrogens with one attached hydrogen (secondary N) is 2. The molecule has 2 heterocycles. The lowest BCUT2D eigenvalue weighted by molar-refractivity contribution is 0.372. The fraction of sp³-hybridized carbons (Fsp3) is 0.632. The van der Waals surface area contributed by atoms with Crippen molar-refractivity contribution in [1.82, 2.24) is 20.8 Å². The Balaban J connectivity index is 1.95. The summed E-state index contributed by atoms with van der Waals surface area (Å²) in [7, 11) is 0. The van der Waals surface area contributed by atoms with Crippen LogP contribution in [0.25, 0.3) is 0 Å². The molecule has 0 saturated heterocycles. The fourth-order valence-corrected chi connectivity index (χ4v) is 3.53. The highest BCUT2D eigenvalue weighted by Crippen LogP contribution is 2.22. The van der Waals surface area contributed by atoms with Crippen LogP contribution in [0.15, 0.2) is 21.0 Å². The molecule has 144 valence electrons. The SMILES string of the molecule is CCNC(=NCc1cc(C(CC)CC)no1)NCc1nc(C(C)C)cs1.